The lowest BCUT2D eigenvalue weighted by molar-refractivity contribution is -0.143. The van der Waals surface area contributed by atoms with Crippen molar-refractivity contribution in [2.75, 3.05) is 32.7 Å². The average Bonchev–Trinajstić information content (AvgIpc) is 3.35. The van der Waals surface area contributed by atoms with Crippen molar-refractivity contribution in [3.63, 3.8) is 0 Å². The van der Waals surface area contributed by atoms with Crippen LogP contribution in [0.4, 0.5) is 5.82 Å². The number of esters is 1. The number of carbonyl (C=O) groups is 1. The van der Waals surface area contributed by atoms with E-state index in [9.17, 15) is 4.79 Å². The summed E-state index contributed by atoms with van der Waals surface area (Å²) < 4.78 is 16.1. The third-order valence-corrected chi connectivity index (χ3v) is 7.35. The van der Waals surface area contributed by atoms with Crippen LogP contribution in [0.15, 0.2) is 35.7 Å². The molecule has 4 rings (SSSR count). The van der Waals surface area contributed by atoms with Gasteiger partial charge in [-0.25, -0.2) is 9.97 Å². The smallest absolute Gasteiger partial charge is 0.306 e. The van der Waals surface area contributed by atoms with Gasteiger partial charge in [-0.3, -0.25) is 4.79 Å². The van der Waals surface area contributed by atoms with Gasteiger partial charge < -0.3 is 19.5 Å². The van der Waals surface area contributed by atoms with Gasteiger partial charge in [-0.15, -0.1) is 23.7 Å². The fraction of sp³-hybridized carbons (Fsp3) is 0.464. The fourth-order valence-electron chi connectivity index (χ4n) is 4.53. The molecule has 1 aromatic carbocycles. The van der Waals surface area contributed by atoms with Crippen molar-refractivity contribution in [1.82, 2.24) is 9.97 Å². The Hall–Kier alpha value is -2.84. The number of hydrogen-bond acceptors (Lipinski definition) is 8. The van der Waals surface area contributed by atoms with Crippen molar-refractivity contribution in [1.29, 1.82) is 0 Å². The molecule has 1 atom stereocenters. The van der Waals surface area contributed by atoms with E-state index in [0.29, 0.717) is 24.5 Å². The zero-order valence-corrected chi connectivity index (χ0v) is 23.4. The Balaban J connectivity index is 0.00000380. The third kappa shape index (κ3) is 8.07. The topological polar surface area (TPSA) is 82.6 Å². The largest absolute Gasteiger partial charge is 0.497 e. The highest BCUT2D eigenvalue weighted by Crippen LogP contribution is 2.32. The Bertz CT molecular complexity index is 1150. The second-order valence-corrected chi connectivity index (χ2v) is 9.93. The number of halogens is 1. The Morgan fingerprint density at radius 2 is 1.86 bits per heavy atom. The van der Waals surface area contributed by atoms with E-state index in [1.54, 1.807) is 25.6 Å². The molecule has 9 heteroatoms. The molecule has 0 spiro atoms. The summed E-state index contributed by atoms with van der Waals surface area (Å²) in [6.45, 7) is 3.19. The molecule has 0 amide bonds. The first-order chi connectivity index (χ1) is 17.6. The van der Waals surface area contributed by atoms with Crippen LogP contribution < -0.4 is 14.8 Å². The molecule has 0 radical (unpaired) electrons. The quantitative estimate of drug-likeness (QED) is 0.288. The number of ether oxygens (including phenoxy) is 3. The lowest BCUT2D eigenvalue weighted by Crippen LogP contribution is -2.14. The predicted octanol–water partition coefficient (Wildman–Crippen LogP) is 5.79. The van der Waals surface area contributed by atoms with E-state index in [-0.39, 0.29) is 30.7 Å². The van der Waals surface area contributed by atoms with Crippen LogP contribution in [0.5, 0.6) is 11.5 Å². The van der Waals surface area contributed by atoms with E-state index in [1.807, 2.05) is 25.1 Å². The maximum atomic E-state index is 12.4. The van der Waals surface area contributed by atoms with Crippen LogP contribution in [0.25, 0.3) is 0 Å². The molecule has 3 heterocycles. The van der Waals surface area contributed by atoms with Crippen LogP contribution in [0.1, 0.15) is 59.6 Å². The molecule has 0 bridgehead atoms. The maximum Gasteiger partial charge on any atom is 0.306 e. The summed E-state index contributed by atoms with van der Waals surface area (Å²) in [5, 5.41) is 6.63. The summed E-state index contributed by atoms with van der Waals surface area (Å²) in [7, 11) is 3.25. The molecule has 1 N–H and O–H groups in total. The fourth-order valence-corrected chi connectivity index (χ4v) is 5.39. The van der Waals surface area contributed by atoms with Crippen LogP contribution in [0, 0.1) is 0 Å². The molecule has 3 aromatic rings. The molecule has 7 nitrogen and oxygen atoms in total. The minimum Gasteiger partial charge on any atom is -0.497 e. The number of fused-ring (bicyclic) bond motifs is 1. The van der Waals surface area contributed by atoms with E-state index >= 15 is 0 Å². The zero-order chi connectivity index (χ0) is 25.3. The molecule has 37 heavy (non-hydrogen) atoms. The summed E-state index contributed by atoms with van der Waals surface area (Å²) >= 11 is 1.68. The zero-order valence-electron chi connectivity index (χ0n) is 21.7. The lowest BCUT2D eigenvalue weighted by Gasteiger charge is -2.18. The maximum absolute atomic E-state index is 12.4. The highest BCUT2D eigenvalue weighted by atomic mass is 35.5. The number of rotatable bonds is 12. The highest BCUT2D eigenvalue weighted by molar-refractivity contribution is 7.09. The molecule has 1 unspecified atom stereocenters. The number of nitrogens with zero attached hydrogens (tertiary/aromatic N) is 2. The second kappa shape index (κ2) is 14.2. The number of carbonyl (C=O) groups excluding carboxylic acids is 1. The average molecular weight is 546 g/mol. The molecule has 200 valence electrons. The van der Waals surface area contributed by atoms with Gasteiger partial charge in [0, 0.05) is 29.6 Å². The third-order valence-electron chi connectivity index (χ3n) is 6.39. The molecule has 0 aliphatic carbocycles. The number of methoxy groups -OCH3 is 2. The minimum absolute atomic E-state index is 0. The standard InChI is InChI=1S/C28H35N3O4S.ClH/c1-4-35-27(32)16-20(21-14-24(33-2)17-25(15-21)34-3)13-23-18-36-26(30-23)9-5-8-22-11-10-19-7-6-12-29-28(19)31-22;/h10-11,14-15,17-18,20H,4-9,12-13,16H2,1-3H3,(H,29,31);1H. The molecule has 1 aliphatic rings. The van der Waals surface area contributed by atoms with Gasteiger partial charge in [-0.05, 0) is 74.8 Å². The monoisotopic (exact) mass is 545 g/mol. The summed E-state index contributed by atoms with van der Waals surface area (Å²) in [6.07, 6.45) is 6.03. The Morgan fingerprint density at radius 1 is 1.08 bits per heavy atom. The normalized spacial score (nSPS) is 13.1. The van der Waals surface area contributed by atoms with Gasteiger partial charge in [0.25, 0.3) is 0 Å². The molecule has 0 saturated carbocycles. The summed E-state index contributed by atoms with van der Waals surface area (Å²) in [6, 6.07) is 10.1. The Labute approximate surface area is 229 Å². The van der Waals surface area contributed by atoms with E-state index in [1.165, 1.54) is 12.0 Å². The van der Waals surface area contributed by atoms with Crippen molar-refractivity contribution >= 4 is 35.5 Å². The number of thiazole rings is 1. The van der Waals surface area contributed by atoms with Gasteiger partial charge in [0.1, 0.15) is 17.3 Å². The van der Waals surface area contributed by atoms with Crippen LogP contribution in [0.2, 0.25) is 0 Å². The van der Waals surface area contributed by atoms with E-state index in [2.05, 4.69) is 22.8 Å². The van der Waals surface area contributed by atoms with Crippen molar-refractivity contribution < 1.29 is 19.0 Å². The highest BCUT2D eigenvalue weighted by Gasteiger charge is 2.21. The number of pyridine rings is 1. The Morgan fingerprint density at radius 3 is 2.59 bits per heavy atom. The minimum atomic E-state index is -0.216. The molecule has 0 fully saturated rings. The van der Waals surface area contributed by atoms with Crippen molar-refractivity contribution in [2.24, 2.45) is 0 Å². The van der Waals surface area contributed by atoms with Crippen molar-refractivity contribution in [2.45, 2.75) is 57.8 Å². The van der Waals surface area contributed by atoms with Gasteiger partial charge in [0.15, 0.2) is 0 Å². The molecular formula is C28H36ClN3O4S. The first-order valence-electron chi connectivity index (χ1n) is 12.6. The van der Waals surface area contributed by atoms with Crippen LogP contribution in [-0.4, -0.2) is 43.3 Å². The van der Waals surface area contributed by atoms with Gasteiger partial charge >= 0.3 is 5.97 Å². The summed E-state index contributed by atoms with van der Waals surface area (Å²) in [5.74, 6) is 2.14. The van der Waals surface area contributed by atoms with E-state index in [0.717, 1.165) is 60.0 Å². The van der Waals surface area contributed by atoms with Crippen molar-refractivity contribution in [3.8, 4) is 11.5 Å². The van der Waals surface area contributed by atoms with Crippen molar-refractivity contribution in [3.05, 3.63) is 63.2 Å². The SMILES string of the molecule is CCOC(=O)CC(Cc1csc(CCCc2ccc3c(n2)NCCC3)n1)c1cc(OC)cc(OC)c1.Cl. The number of anilines is 1. The van der Waals surface area contributed by atoms with Gasteiger partial charge in [0.2, 0.25) is 0 Å². The number of hydrogen-bond donors (Lipinski definition) is 1. The van der Waals surface area contributed by atoms with Gasteiger partial charge in [-0.2, -0.15) is 0 Å². The number of aromatic nitrogens is 2. The van der Waals surface area contributed by atoms with Gasteiger partial charge in [-0.1, -0.05) is 6.07 Å². The molecular weight excluding hydrogens is 510 g/mol. The predicted molar refractivity (Wildman–Crippen MR) is 150 cm³/mol. The number of nitrogens with one attached hydrogen (secondary N) is 1. The summed E-state index contributed by atoms with van der Waals surface area (Å²) in [4.78, 5) is 22.1. The molecule has 2 aromatic heterocycles. The molecule has 0 saturated heterocycles. The van der Waals surface area contributed by atoms with Crippen LogP contribution in [-0.2, 0) is 35.2 Å². The van der Waals surface area contributed by atoms with E-state index in [4.69, 9.17) is 24.2 Å². The van der Waals surface area contributed by atoms with Crippen LogP contribution >= 0.6 is 23.7 Å². The molecule has 1 aliphatic heterocycles. The second-order valence-electron chi connectivity index (χ2n) is 8.98. The summed E-state index contributed by atoms with van der Waals surface area (Å²) in [5.41, 5.74) is 4.41. The first-order valence-corrected chi connectivity index (χ1v) is 13.5. The lowest BCUT2D eigenvalue weighted by atomic mass is 9.91. The Kier molecular flexibility index (Phi) is 11.0. The number of aryl methyl sites for hydroxylation is 3. The van der Waals surface area contributed by atoms with E-state index < -0.39 is 0 Å². The van der Waals surface area contributed by atoms with Gasteiger partial charge in [0.05, 0.1) is 37.9 Å². The van der Waals surface area contributed by atoms with Crippen LogP contribution in [0.3, 0.4) is 0 Å². The first kappa shape index (κ1) is 28.7. The number of benzene rings is 1.